The van der Waals surface area contributed by atoms with Gasteiger partial charge in [-0.15, -0.1) is 0 Å². The molecular weight excluding hydrogens is 548 g/mol. The van der Waals surface area contributed by atoms with E-state index >= 15 is 0 Å². The summed E-state index contributed by atoms with van der Waals surface area (Å²) in [4.78, 5) is 20.8. The average molecular weight is 568 g/mol. The fraction of sp³-hybridized carbons (Fsp3) is 0.269. The Kier molecular flexibility index (Phi) is 7.02. The van der Waals surface area contributed by atoms with E-state index in [4.69, 9.17) is 11.6 Å². The standard InChI is InChI=1S/C26H20ClF6N5O/c27-19-4-2-1-3-17(19)15-36-9-11-37(12-10-36)24(39)21-14-23-34-20(16-5-7-18(28)8-6-16)13-22(38(23)35-21)25(29,30)26(31,32)33/h1-8,13-14H,9-12,15H2. The van der Waals surface area contributed by atoms with Crippen LogP contribution in [0.2, 0.25) is 5.02 Å². The first-order valence-electron chi connectivity index (χ1n) is 11.8. The third-order valence-electron chi connectivity index (χ3n) is 6.48. The first-order chi connectivity index (χ1) is 18.4. The molecule has 0 aliphatic carbocycles. The van der Waals surface area contributed by atoms with Crippen molar-refractivity contribution in [2.75, 3.05) is 26.2 Å². The van der Waals surface area contributed by atoms with Crippen molar-refractivity contribution in [1.82, 2.24) is 24.4 Å². The third-order valence-corrected chi connectivity index (χ3v) is 6.84. The molecule has 39 heavy (non-hydrogen) atoms. The number of rotatable bonds is 5. The maximum atomic E-state index is 14.6. The van der Waals surface area contributed by atoms with E-state index in [1.165, 1.54) is 17.0 Å². The molecule has 0 radical (unpaired) electrons. The van der Waals surface area contributed by atoms with Crippen LogP contribution in [-0.2, 0) is 12.5 Å². The minimum Gasteiger partial charge on any atom is -0.335 e. The Labute approximate surface area is 223 Å². The van der Waals surface area contributed by atoms with Crippen molar-refractivity contribution in [3.8, 4) is 11.3 Å². The van der Waals surface area contributed by atoms with Gasteiger partial charge >= 0.3 is 12.1 Å². The molecule has 0 atom stereocenters. The van der Waals surface area contributed by atoms with E-state index < -0.39 is 29.5 Å². The molecule has 1 aliphatic rings. The Hall–Kier alpha value is -3.64. The number of hydrogen-bond donors (Lipinski definition) is 0. The molecule has 3 heterocycles. The zero-order valence-corrected chi connectivity index (χ0v) is 20.9. The number of halogens is 7. The van der Waals surface area contributed by atoms with Crippen molar-refractivity contribution in [1.29, 1.82) is 0 Å². The smallest absolute Gasteiger partial charge is 0.335 e. The number of alkyl halides is 5. The highest BCUT2D eigenvalue weighted by Gasteiger charge is 2.60. The van der Waals surface area contributed by atoms with Gasteiger partial charge in [-0.2, -0.15) is 27.1 Å². The van der Waals surface area contributed by atoms with Crippen molar-refractivity contribution in [2.24, 2.45) is 0 Å². The van der Waals surface area contributed by atoms with Gasteiger partial charge in [0.05, 0.1) is 5.69 Å². The van der Waals surface area contributed by atoms with E-state index in [9.17, 15) is 31.1 Å². The molecule has 1 fully saturated rings. The maximum absolute atomic E-state index is 14.6. The van der Waals surface area contributed by atoms with Crippen LogP contribution in [-0.4, -0.2) is 62.7 Å². The first kappa shape index (κ1) is 26.9. The number of fused-ring (bicyclic) bond motifs is 1. The van der Waals surface area contributed by atoms with Crippen molar-refractivity contribution < 1.29 is 31.1 Å². The maximum Gasteiger partial charge on any atom is 0.459 e. The predicted octanol–water partition coefficient (Wildman–Crippen LogP) is 5.80. The summed E-state index contributed by atoms with van der Waals surface area (Å²) in [5.41, 5.74) is -1.42. The van der Waals surface area contributed by atoms with Crippen LogP contribution >= 0.6 is 11.6 Å². The Morgan fingerprint density at radius 3 is 2.23 bits per heavy atom. The molecule has 0 saturated carbocycles. The molecule has 4 aromatic rings. The van der Waals surface area contributed by atoms with Gasteiger partial charge in [0, 0.05) is 49.4 Å². The average Bonchev–Trinajstić information content (AvgIpc) is 3.33. The highest BCUT2D eigenvalue weighted by atomic mass is 35.5. The van der Waals surface area contributed by atoms with Crippen molar-refractivity contribution >= 4 is 23.2 Å². The van der Waals surface area contributed by atoms with Gasteiger partial charge in [-0.25, -0.2) is 13.9 Å². The summed E-state index contributed by atoms with van der Waals surface area (Å²) >= 11 is 6.22. The Balaban J connectivity index is 1.43. The van der Waals surface area contributed by atoms with Crippen LogP contribution in [0.25, 0.3) is 16.9 Å². The number of amides is 1. The number of aromatic nitrogens is 3. The number of carbonyl (C=O) groups is 1. The highest BCUT2D eigenvalue weighted by molar-refractivity contribution is 6.31. The molecule has 204 valence electrons. The molecule has 6 nitrogen and oxygen atoms in total. The van der Waals surface area contributed by atoms with Crippen LogP contribution in [0.3, 0.4) is 0 Å². The quantitative estimate of drug-likeness (QED) is 0.286. The monoisotopic (exact) mass is 567 g/mol. The summed E-state index contributed by atoms with van der Waals surface area (Å²) in [5.74, 6) is -6.55. The van der Waals surface area contributed by atoms with Gasteiger partial charge in [-0.1, -0.05) is 29.8 Å². The van der Waals surface area contributed by atoms with Gasteiger partial charge in [0.1, 0.15) is 11.5 Å². The molecule has 0 spiro atoms. The minimum absolute atomic E-state index is 0.113. The summed E-state index contributed by atoms with van der Waals surface area (Å²) in [6.07, 6.45) is -5.94. The lowest BCUT2D eigenvalue weighted by atomic mass is 10.1. The van der Waals surface area contributed by atoms with Crippen LogP contribution < -0.4 is 0 Å². The van der Waals surface area contributed by atoms with E-state index in [0.717, 1.165) is 23.8 Å². The lowest BCUT2D eigenvalue weighted by Gasteiger charge is -2.34. The van der Waals surface area contributed by atoms with Crippen molar-refractivity contribution in [3.63, 3.8) is 0 Å². The summed E-state index contributed by atoms with van der Waals surface area (Å²) in [6, 6.07) is 13.5. The van der Waals surface area contributed by atoms with Gasteiger partial charge < -0.3 is 4.90 Å². The number of hydrogen-bond acceptors (Lipinski definition) is 4. The van der Waals surface area contributed by atoms with Gasteiger partial charge in [0.2, 0.25) is 0 Å². The van der Waals surface area contributed by atoms with E-state index in [-0.39, 0.29) is 35.7 Å². The molecule has 0 unspecified atom stereocenters. The second-order valence-corrected chi connectivity index (χ2v) is 9.47. The molecule has 1 aliphatic heterocycles. The molecule has 1 amide bonds. The summed E-state index contributed by atoms with van der Waals surface area (Å²) < 4.78 is 82.9. The molecule has 2 aromatic carbocycles. The van der Waals surface area contributed by atoms with E-state index in [0.29, 0.717) is 35.2 Å². The van der Waals surface area contributed by atoms with E-state index in [1.807, 2.05) is 18.2 Å². The molecular formula is C26H20ClF6N5O. The van der Waals surface area contributed by atoms with Gasteiger partial charge in [-0.05, 0) is 42.0 Å². The molecule has 13 heteroatoms. The lowest BCUT2D eigenvalue weighted by Crippen LogP contribution is -2.48. The first-order valence-corrected chi connectivity index (χ1v) is 12.2. The fourth-order valence-electron chi connectivity index (χ4n) is 4.36. The zero-order chi connectivity index (χ0) is 27.9. The molecule has 5 rings (SSSR count). The Morgan fingerprint density at radius 1 is 0.923 bits per heavy atom. The summed E-state index contributed by atoms with van der Waals surface area (Å²) in [5, 5.41) is 4.43. The largest absolute Gasteiger partial charge is 0.459 e. The van der Waals surface area contributed by atoms with Crippen LogP contribution in [0.4, 0.5) is 26.3 Å². The summed E-state index contributed by atoms with van der Waals surface area (Å²) in [6.45, 7) is 2.14. The van der Waals surface area contributed by atoms with Gasteiger partial charge in [0.15, 0.2) is 11.3 Å². The number of benzene rings is 2. The van der Waals surface area contributed by atoms with Crippen LogP contribution in [0.5, 0.6) is 0 Å². The normalized spacial score (nSPS) is 15.2. The van der Waals surface area contributed by atoms with E-state index in [2.05, 4.69) is 15.0 Å². The minimum atomic E-state index is -5.94. The fourth-order valence-corrected chi connectivity index (χ4v) is 4.55. The Morgan fingerprint density at radius 2 is 1.59 bits per heavy atom. The predicted molar refractivity (Wildman–Crippen MR) is 131 cm³/mol. The third kappa shape index (κ3) is 5.30. The second kappa shape index (κ2) is 10.2. The topological polar surface area (TPSA) is 53.7 Å². The van der Waals surface area contributed by atoms with Crippen LogP contribution in [0, 0.1) is 5.82 Å². The lowest BCUT2D eigenvalue weighted by molar-refractivity contribution is -0.291. The number of piperazine rings is 1. The molecule has 0 bridgehead atoms. The number of carbonyl (C=O) groups excluding carboxylic acids is 1. The van der Waals surface area contributed by atoms with Crippen LogP contribution in [0.1, 0.15) is 21.7 Å². The number of nitrogens with zero attached hydrogens (tertiary/aromatic N) is 5. The summed E-state index contributed by atoms with van der Waals surface area (Å²) in [7, 11) is 0. The Bertz CT molecular complexity index is 1510. The van der Waals surface area contributed by atoms with Crippen molar-refractivity contribution in [2.45, 2.75) is 18.6 Å². The molecule has 1 saturated heterocycles. The SMILES string of the molecule is O=C(c1cc2nc(-c3ccc(F)cc3)cc(C(F)(F)C(F)(F)F)n2n1)N1CCN(Cc2ccccc2Cl)CC1. The van der Waals surface area contributed by atoms with Gasteiger partial charge in [-0.3, -0.25) is 9.69 Å². The molecule has 0 N–H and O–H groups in total. The van der Waals surface area contributed by atoms with E-state index in [1.54, 1.807) is 6.07 Å². The van der Waals surface area contributed by atoms with Crippen molar-refractivity contribution in [3.05, 3.63) is 88.5 Å². The second-order valence-electron chi connectivity index (χ2n) is 9.07. The van der Waals surface area contributed by atoms with Gasteiger partial charge in [0.25, 0.3) is 5.91 Å². The highest BCUT2D eigenvalue weighted by Crippen LogP contribution is 2.44. The molecule has 2 aromatic heterocycles. The zero-order valence-electron chi connectivity index (χ0n) is 20.1. The van der Waals surface area contributed by atoms with Crippen LogP contribution in [0.15, 0.2) is 60.7 Å².